The van der Waals surface area contributed by atoms with Crippen LogP contribution in [0.15, 0.2) is 0 Å². The van der Waals surface area contributed by atoms with Crippen LogP contribution in [0.1, 0.15) is 39.0 Å². The second-order valence-corrected chi connectivity index (χ2v) is 4.09. The first kappa shape index (κ1) is 14.9. The van der Waals surface area contributed by atoms with E-state index in [0.29, 0.717) is 25.9 Å². The van der Waals surface area contributed by atoms with Gasteiger partial charge in [0.25, 0.3) is 0 Å². The van der Waals surface area contributed by atoms with E-state index in [1.807, 2.05) is 6.92 Å². The molecule has 0 fully saturated rings. The van der Waals surface area contributed by atoms with Gasteiger partial charge in [-0.05, 0) is 31.7 Å². The van der Waals surface area contributed by atoms with Crippen LogP contribution in [0.4, 0.5) is 0 Å². The van der Waals surface area contributed by atoms with Gasteiger partial charge in [0, 0.05) is 19.4 Å². The molecule has 0 radical (unpaired) electrons. The lowest BCUT2D eigenvalue weighted by Gasteiger charge is -2.11. The fourth-order valence-corrected chi connectivity index (χ4v) is 1.28. The maximum absolute atomic E-state index is 11.3. The molecule has 1 atom stereocenters. The van der Waals surface area contributed by atoms with Crippen LogP contribution in [-0.2, 0) is 9.59 Å². The van der Waals surface area contributed by atoms with E-state index in [-0.39, 0.29) is 18.2 Å². The summed E-state index contributed by atoms with van der Waals surface area (Å²) in [6.45, 7) is 3.10. The number of carboxylic acids is 1. The van der Waals surface area contributed by atoms with Gasteiger partial charge in [-0.2, -0.15) is 0 Å². The van der Waals surface area contributed by atoms with Gasteiger partial charge >= 0.3 is 5.97 Å². The van der Waals surface area contributed by atoms with Gasteiger partial charge in [-0.15, -0.1) is 0 Å². The SMILES string of the molecule is CC(CCC(=O)O)CNC(=O)CCCCN. The summed E-state index contributed by atoms with van der Waals surface area (Å²) < 4.78 is 0. The number of hydrogen-bond acceptors (Lipinski definition) is 3. The summed E-state index contributed by atoms with van der Waals surface area (Å²) in [4.78, 5) is 21.6. The quantitative estimate of drug-likeness (QED) is 0.509. The second-order valence-electron chi connectivity index (χ2n) is 4.09. The molecule has 0 saturated carbocycles. The maximum Gasteiger partial charge on any atom is 0.303 e. The van der Waals surface area contributed by atoms with Crippen LogP contribution in [0.5, 0.6) is 0 Å². The summed E-state index contributed by atoms with van der Waals surface area (Å²) in [5.74, 6) is -0.564. The zero-order valence-electron chi connectivity index (χ0n) is 9.87. The third-order valence-electron chi connectivity index (χ3n) is 2.36. The molecule has 0 bridgehead atoms. The van der Waals surface area contributed by atoms with Gasteiger partial charge in [-0.1, -0.05) is 6.92 Å². The van der Waals surface area contributed by atoms with Crippen molar-refractivity contribution in [2.24, 2.45) is 11.7 Å². The lowest BCUT2D eigenvalue weighted by molar-refractivity contribution is -0.137. The van der Waals surface area contributed by atoms with Gasteiger partial charge in [0.05, 0.1) is 0 Å². The average Bonchev–Trinajstić information content (AvgIpc) is 2.24. The molecule has 5 nitrogen and oxygen atoms in total. The number of aliphatic carboxylic acids is 1. The Morgan fingerprint density at radius 3 is 2.56 bits per heavy atom. The van der Waals surface area contributed by atoms with Crippen molar-refractivity contribution in [1.82, 2.24) is 5.32 Å². The first-order valence-corrected chi connectivity index (χ1v) is 5.74. The second kappa shape index (κ2) is 9.15. The van der Waals surface area contributed by atoms with Crippen LogP contribution in [-0.4, -0.2) is 30.1 Å². The first-order valence-electron chi connectivity index (χ1n) is 5.74. The van der Waals surface area contributed by atoms with Crippen molar-refractivity contribution >= 4 is 11.9 Å². The van der Waals surface area contributed by atoms with Gasteiger partial charge in [0.2, 0.25) is 5.91 Å². The fraction of sp³-hybridized carbons (Fsp3) is 0.818. The van der Waals surface area contributed by atoms with Crippen LogP contribution in [0.3, 0.4) is 0 Å². The van der Waals surface area contributed by atoms with E-state index in [4.69, 9.17) is 10.8 Å². The van der Waals surface area contributed by atoms with Crippen molar-refractivity contribution in [2.45, 2.75) is 39.0 Å². The van der Waals surface area contributed by atoms with Crippen LogP contribution in [0.25, 0.3) is 0 Å². The molecule has 0 aliphatic rings. The molecule has 0 spiro atoms. The molecule has 0 aromatic rings. The Morgan fingerprint density at radius 1 is 1.31 bits per heavy atom. The molecule has 5 heteroatoms. The van der Waals surface area contributed by atoms with E-state index in [9.17, 15) is 9.59 Å². The lowest BCUT2D eigenvalue weighted by atomic mass is 10.1. The lowest BCUT2D eigenvalue weighted by Crippen LogP contribution is -2.28. The molecule has 1 amide bonds. The number of amides is 1. The molecule has 0 aromatic heterocycles. The summed E-state index contributed by atoms with van der Waals surface area (Å²) in [7, 11) is 0. The number of carboxylic acid groups (broad SMARTS) is 1. The van der Waals surface area contributed by atoms with Gasteiger partial charge in [-0.25, -0.2) is 0 Å². The van der Waals surface area contributed by atoms with E-state index in [1.165, 1.54) is 0 Å². The molecule has 94 valence electrons. The Morgan fingerprint density at radius 2 is 2.00 bits per heavy atom. The minimum atomic E-state index is -0.791. The number of nitrogens with one attached hydrogen (secondary N) is 1. The van der Waals surface area contributed by atoms with Crippen molar-refractivity contribution in [3.63, 3.8) is 0 Å². The van der Waals surface area contributed by atoms with Gasteiger partial charge in [0.1, 0.15) is 0 Å². The summed E-state index contributed by atoms with van der Waals surface area (Å²) in [5, 5.41) is 11.3. The molecule has 0 aliphatic heterocycles. The van der Waals surface area contributed by atoms with E-state index < -0.39 is 5.97 Å². The minimum absolute atomic E-state index is 0.0237. The molecule has 0 heterocycles. The highest BCUT2D eigenvalue weighted by Crippen LogP contribution is 2.04. The number of rotatable bonds is 9. The molecule has 1 unspecified atom stereocenters. The molecule has 16 heavy (non-hydrogen) atoms. The summed E-state index contributed by atoms with van der Waals surface area (Å²) in [6, 6.07) is 0. The highest BCUT2D eigenvalue weighted by molar-refractivity contribution is 5.75. The molecule has 0 aliphatic carbocycles. The molecule has 0 saturated heterocycles. The zero-order chi connectivity index (χ0) is 12.4. The van der Waals surface area contributed by atoms with Crippen molar-refractivity contribution in [1.29, 1.82) is 0 Å². The third-order valence-corrected chi connectivity index (χ3v) is 2.36. The smallest absolute Gasteiger partial charge is 0.303 e. The predicted molar refractivity (Wildman–Crippen MR) is 61.9 cm³/mol. The highest BCUT2D eigenvalue weighted by Gasteiger charge is 2.07. The standard InChI is InChI=1S/C11H22N2O3/c1-9(5-6-11(15)16)8-13-10(14)4-2-3-7-12/h9H,2-8,12H2,1H3,(H,13,14)(H,15,16). The van der Waals surface area contributed by atoms with Crippen LogP contribution >= 0.6 is 0 Å². The van der Waals surface area contributed by atoms with Gasteiger partial charge in [0.15, 0.2) is 0 Å². The van der Waals surface area contributed by atoms with E-state index in [1.54, 1.807) is 0 Å². The minimum Gasteiger partial charge on any atom is -0.481 e. The Kier molecular flexibility index (Phi) is 8.52. The molecule has 0 aromatic carbocycles. The largest absolute Gasteiger partial charge is 0.481 e. The van der Waals surface area contributed by atoms with Crippen molar-refractivity contribution < 1.29 is 14.7 Å². The normalized spacial score (nSPS) is 12.1. The molecular weight excluding hydrogens is 208 g/mol. The molecule has 4 N–H and O–H groups in total. The fourth-order valence-electron chi connectivity index (χ4n) is 1.28. The van der Waals surface area contributed by atoms with Crippen molar-refractivity contribution in [2.75, 3.05) is 13.1 Å². The molecule has 0 rings (SSSR count). The number of carbonyl (C=O) groups excluding carboxylic acids is 1. The average molecular weight is 230 g/mol. The Labute approximate surface area is 96.4 Å². The third kappa shape index (κ3) is 9.45. The van der Waals surface area contributed by atoms with Crippen LogP contribution in [0, 0.1) is 5.92 Å². The Bertz CT molecular complexity index is 219. The summed E-state index contributed by atoms with van der Waals surface area (Å²) >= 11 is 0. The topological polar surface area (TPSA) is 92.4 Å². The first-order chi connectivity index (χ1) is 7.56. The van der Waals surface area contributed by atoms with Gasteiger partial charge in [-0.3, -0.25) is 9.59 Å². The van der Waals surface area contributed by atoms with E-state index in [2.05, 4.69) is 5.32 Å². The van der Waals surface area contributed by atoms with Crippen molar-refractivity contribution in [3.8, 4) is 0 Å². The predicted octanol–water partition coefficient (Wildman–Crippen LogP) is 0.733. The maximum atomic E-state index is 11.3. The number of carbonyl (C=O) groups is 2. The van der Waals surface area contributed by atoms with E-state index >= 15 is 0 Å². The summed E-state index contributed by atoms with van der Waals surface area (Å²) in [5.41, 5.74) is 5.32. The number of unbranched alkanes of at least 4 members (excludes halogenated alkanes) is 1. The van der Waals surface area contributed by atoms with E-state index in [0.717, 1.165) is 12.8 Å². The monoisotopic (exact) mass is 230 g/mol. The highest BCUT2D eigenvalue weighted by atomic mass is 16.4. The van der Waals surface area contributed by atoms with Crippen LogP contribution in [0.2, 0.25) is 0 Å². The van der Waals surface area contributed by atoms with Crippen molar-refractivity contribution in [3.05, 3.63) is 0 Å². The summed E-state index contributed by atoms with van der Waals surface area (Å²) in [6.07, 6.45) is 2.93. The zero-order valence-corrected chi connectivity index (χ0v) is 9.87. The Hall–Kier alpha value is -1.10. The molecular formula is C11H22N2O3. The van der Waals surface area contributed by atoms with Crippen LogP contribution < -0.4 is 11.1 Å². The Balaban J connectivity index is 3.47. The van der Waals surface area contributed by atoms with Gasteiger partial charge < -0.3 is 16.2 Å². The number of hydrogen-bond donors (Lipinski definition) is 3. The number of nitrogens with two attached hydrogens (primary N) is 1.